The Labute approximate surface area is 289 Å². The Morgan fingerprint density at radius 3 is 2.39 bits per heavy atom. The van der Waals surface area contributed by atoms with Gasteiger partial charge in [0.2, 0.25) is 0 Å². The molecule has 12 heteroatoms. The van der Waals surface area contributed by atoms with Gasteiger partial charge in [-0.15, -0.1) is 0 Å². The molecular formula is C37H52N4O8. The lowest BCUT2D eigenvalue weighted by molar-refractivity contribution is -0.288. The van der Waals surface area contributed by atoms with Crippen molar-refractivity contribution >= 4 is 22.5 Å². The fourth-order valence-electron chi connectivity index (χ4n) is 5.76. The number of hydrogen-bond donors (Lipinski definition) is 5. The average Bonchev–Trinajstić information content (AvgIpc) is 3.12. The number of ether oxygens (including phenoxy) is 5. The highest BCUT2D eigenvalue weighted by Gasteiger charge is 2.43. The summed E-state index contributed by atoms with van der Waals surface area (Å²) in [6, 6.07) is 15.1. The van der Waals surface area contributed by atoms with Crippen molar-refractivity contribution in [3.05, 3.63) is 71.6 Å². The van der Waals surface area contributed by atoms with Gasteiger partial charge in [-0.25, -0.2) is 0 Å². The number of nitrogens with zero attached hydrogens (tertiary/aromatic N) is 2. The van der Waals surface area contributed by atoms with E-state index in [-0.39, 0.29) is 6.54 Å². The molecule has 5 N–H and O–H groups in total. The zero-order valence-corrected chi connectivity index (χ0v) is 28.7. The summed E-state index contributed by atoms with van der Waals surface area (Å²) in [5, 5.41) is 48.2. The van der Waals surface area contributed by atoms with Crippen LogP contribution in [-0.4, -0.2) is 119 Å². The fourth-order valence-corrected chi connectivity index (χ4v) is 5.76. The molecule has 2 saturated heterocycles. The molecule has 2 aliphatic heterocycles. The number of hydrogen-bond acceptors (Lipinski definition) is 12. The molecule has 2 aromatic carbocycles. The number of methoxy groups -OCH3 is 1. The second-order valence-electron chi connectivity index (χ2n) is 12.3. The van der Waals surface area contributed by atoms with Gasteiger partial charge >= 0.3 is 0 Å². The van der Waals surface area contributed by atoms with Crippen molar-refractivity contribution in [1.29, 1.82) is 5.26 Å². The first-order valence-corrected chi connectivity index (χ1v) is 17.0. The van der Waals surface area contributed by atoms with Crippen LogP contribution in [0, 0.1) is 11.3 Å². The van der Waals surface area contributed by atoms with Crippen LogP contribution in [0.2, 0.25) is 0 Å². The van der Waals surface area contributed by atoms with E-state index < -0.39 is 30.7 Å². The van der Waals surface area contributed by atoms with Crippen molar-refractivity contribution in [1.82, 2.24) is 10.6 Å². The Kier molecular flexibility index (Phi) is 15.8. The van der Waals surface area contributed by atoms with E-state index in [2.05, 4.69) is 58.5 Å². The molecule has 12 nitrogen and oxygen atoms in total. The smallest absolute Gasteiger partial charge is 0.186 e. The maximum absolute atomic E-state index is 10.1. The molecule has 0 aliphatic carbocycles. The molecule has 0 radical (unpaired) electrons. The fraction of sp³-hybridized carbons (Fsp3) is 0.541. The van der Waals surface area contributed by atoms with Crippen molar-refractivity contribution in [3.8, 4) is 6.07 Å². The van der Waals surface area contributed by atoms with Crippen molar-refractivity contribution < 1.29 is 39.0 Å². The van der Waals surface area contributed by atoms with Crippen LogP contribution in [0.25, 0.3) is 16.8 Å². The number of rotatable bonds is 19. The number of allylic oxidation sites excluding steroid dienone is 1. The van der Waals surface area contributed by atoms with Crippen LogP contribution in [0.1, 0.15) is 31.7 Å². The van der Waals surface area contributed by atoms with E-state index in [1.807, 2.05) is 19.1 Å². The summed E-state index contributed by atoms with van der Waals surface area (Å²) in [5.41, 5.74) is 4.18. The van der Waals surface area contributed by atoms with Gasteiger partial charge in [0.25, 0.3) is 0 Å². The topological polar surface area (TPSA) is 158 Å². The Hall–Kier alpha value is -3.51. The Morgan fingerprint density at radius 1 is 0.959 bits per heavy atom. The van der Waals surface area contributed by atoms with Gasteiger partial charge in [0.05, 0.1) is 45.2 Å². The Morgan fingerprint density at radius 2 is 1.65 bits per heavy atom. The molecule has 0 amide bonds. The van der Waals surface area contributed by atoms with Gasteiger partial charge in [-0.2, -0.15) is 5.26 Å². The molecular weight excluding hydrogens is 628 g/mol. The van der Waals surface area contributed by atoms with Gasteiger partial charge in [-0.1, -0.05) is 24.8 Å². The number of nitriles is 1. The van der Waals surface area contributed by atoms with Crippen LogP contribution in [0.5, 0.6) is 0 Å². The lowest BCUT2D eigenvalue weighted by Crippen LogP contribution is -2.59. The number of anilines is 1. The van der Waals surface area contributed by atoms with Gasteiger partial charge in [-0.3, -0.25) is 0 Å². The quantitative estimate of drug-likeness (QED) is 0.0841. The van der Waals surface area contributed by atoms with E-state index >= 15 is 0 Å². The third kappa shape index (κ3) is 11.8. The third-order valence-electron chi connectivity index (χ3n) is 8.55. The number of benzene rings is 2. The van der Waals surface area contributed by atoms with Crippen molar-refractivity contribution in [2.24, 2.45) is 0 Å². The van der Waals surface area contributed by atoms with E-state index in [0.29, 0.717) is 57.5 Å². The van der Waals surface area contributed by atoms with Crippen molar-refractivity contribution in [2.45, 2.75) is 56.9 Å². The van der Waals surface area contributed by atoms with E-state index in [9.17, 15) is 20.6 Å². The monoisotopic (exact) mass is 680 g/mol. The van der Waals surface area contributed by atoms with E-state index in [0.717, 1.165) is 29.6 Å². The molecule has 5 unspecified atom stereocenters. The second kappa shape index (κ2) is 20.2. The van der Waals surface area contributed by atoms with Crippen molar-refractivity contribution in [2.75, 3.05) is 77.8 Å². The van der Waals surface area contributed by atoms with E-state index in [1.165, 1.54) is 37.4 Å². The van der Waals surface area contributed by atoms with Crippen LogP contribution < -0.4 is 15.5 Å². The number of nitrogens with one attached hydrogen (secondary N) is 2. The predicted molar refractivity (Wildman–Crippen MR) is 189 cm³/mol. The summed E-state index contributed by atoms with van der Waals surface area (Å²) >= 11 is 0. The highest BCUT2D eigenvalue weighted by molar-refractivity contribution is 5.88. The zero-order valence-electron chi connectivity index (χ0n) is 28.7. The first-order chi connectivity index (χ1) is 23.8. The third-order valence-corrected chi connectivity index (χ3v) is 8.55. The molecule has 0 aromatic heterocycles. The summed E-state index contributed by atoms with van der Waals surface area (Å²) in [6.07, 6.45) is 1.75. The van der Waals surface area contributed by atoms with Crippen molar-refractivity contribution in [3.63, 3.8) is 0 Å². The van der Waals surface area contributed by atoms with Gasteiger partial charge in [-0.05, 0) is 78.6 Å². The van der Waals surface area contributed by atoms with Gasteiger partial charge < -0.3 is 54.5 Å². The zero-order chi connectivity index (χ0) is 35.0. The summed E-state index contributed by atoms with van der Waals surface area (Å²) in [7, 11) is 1.36. The molecule has 0 bridgehead atoms. The molecule has 0 spiro atoms. The highest BCUT2D eigenvalue weighted by atomic mass is 16.7. The number of aliphatic hydroxyl groups is 3. The first kappa shape index (κ1) is 38.3. The number of fused-ring (bicyclic) bond motifs is 1. The lowest BCUT2D eigenvalue weighted by atomic mass is 9.99. The van der Waals surface area contributed by atoms with Gasteiger partial charge in [0, 0.05) is 44.7 Å². The normalized spacial score (nSPS) is 23.3. The molecule has 4 rings (SSSR count). The van der Waals surface area contributed by atoms with Crippen LogP contribution in [0.3, 0.4) is 0 Å². The van der Waals surface area contributed by atoms with E-state index in [4.69, 9.17) is 23.7 Å². The largest absolute Gasteiger partial charge is 0.388 e. The maximum Gasteiger partial charge on any atom is 0.186 e. The molecule has 2 heterocycles. The SMILES string of the molecule is C=C(NCCOCCOCCOC/C(C)=C/NCC1OC(OC)C(O)C(O)C1O)/C(C#N)=C/c1ccc2cc(N3CCCCC3)ccc2c1. The standard InChI is InChI=1S/C37H52N4O8/c1-26(23-39-24-33-34(42)35(43)36(44)37(45-3)49-33)25-48-18-17-47-16-15-46-14-11-40-27(2)31(22-38)20-28-7-8-30-21-32(10-9-29(30)19-28)41-12-5-4-6-13-41/h7-10,19-21,23,33-37,39-40,42-44H,2,4-6,11-18,24-25H2,1,3H3/b26-23+,31-20+. The summed E-state index contributed by atoms with van der Waals surface area (Å²) in [5.74, 6) is 0. The first-order valence-electron chi connectivity index (χ1n) is 17.0. The van der Waals surface area contributed by atoms with E-state index in [1.54, 1.807) is 6.20 Å². The maximum atomic E-state index is 10.1. The minimum Gasteiger partial charge on any atom is -0.388 e. The highest BCUT2D eigenvalue weighted by Crippen LogP contribution is 2.26. The predicted octanol–water partition coefficient (Wildman–Crippen LogP) is 2.84. The number of piperidine rings is 1. The second-order valence-corrected chi connectivity index (χ2v) is 12.3. The summed E-state index contributed by atoms with van der Waals surface area (Å²) < 4.78 is 27.3. The molecule has 2 aliphatic rings. The summed E-state index contributed by atoms with van der Waals surface area (Å²) in [6.45, 7) is 11.4. The minimum absolute atomic E-state index is 0.218. The average molecular weight is 681 g/mol. The molecule has 5 atom stereocenters. The van der Waals surface area contributed by atoms with Crippen LogP contribution in [-0.2, 0) is 23.7 Å². The van der Waals surface area contributed by atoms with Gasteiger partial charge in [0.15, 0.2) is 6.29 Å². The van der Waals surface area contributed by atoms with Crippen LogP contribution in [0.4, 0.5) is 5.69 Å². The number of aliphatic hydroxyl groups excluding tert-OH is 3. The minimum atomic E-state index is -1.35. The van der Waals surface area contributed by atoms with Crippen LogP contribution >= 0.6 is 0 Å². The van der Waals surface area contributed by atoms with Gasteiger partial charge in [0.1, 0.15) is 30.5 Å². The molecule has 268 valence electrons. The summed E-state index contributed by atoms with van der Waals surface area (Å²) in [4.78, 5) is 2.46. The lowest BCUT2D eigenvalue weighted by Gasteiger charge is -2.39. The van der Waals surface area contributed by atoms with Crippen LogP contribution in [0.15, 0.2) is 66.0 Å². The molecule has 2 fully saturated rings. The molecule has 2 aromatic rings. The molecule has 0 saturated carbocycles. The Bertz CT molecular complexity index is 1440. The molecule has 49 heavy (non-hydrogen) atoms. The Balaban J connectivity index is 1.04.